The Hall–Kier alpha value is -0.860. The second-order valence-corrected chi connectivity index (χ2v) is 9.42. The van der Waals surface area contributed by atoms with Gasteiger partial charge in [-0.05, 0) is 31.9 Å². The summed E-state index contributed by atoms with van der Waals surface area (Å²) in [6, 6.07) is 3.04. The number of pyridine rings is 1. The number of hydrogen-bond donors (Lipinski definition) is 1. The lowest BCUT2D eigenvalue weighted by Crippen LogP contribution is -2.36. The number of nitrogens with one attached hydrogen (secondary N) is 1. The predicted molar refractivity (Wildman–Crippen MR) is 78.2 cm³/mol. The third kappa shape index (κ3) is 3.62. The zero-order valence-electron chi connectivity index (χ0n) is 10.8. The number of aromatic nitrogens is 1. The summed E-state index contributed by atoms with van der Waals surface area (Å²) in [5.41, 5.74) is 0.840. The Labute approximate surface area is 123 Å². The van der Waals surface area contributed by atoms with Crippen LogP contribution in [0.1, 0.15) is 18.5 Å². The molecule has 2 rings (SSSR count). The summed E-state index contributed by atoms with van der Waals surface area (Å²) in [5, 5.41) is -0.407. The molecule has 1 saturated heterocycles. The largest absolute Gasteiger partial charge is 0.281 e. The van der Waals surface area contributed by atoms with E-state index in [2.05, 4.69) is 9.71 Å². The molecule has 1 aliphatic rings. The molecule has 20 heavy (non-hydrogen) atoms. The molecule has 0 unspecified atom stereocenters. The first kappa shape index (κ1) is 15.5. The summed E-state index contributed by atoms with van der Waals surface area (Å²) in [7, 11) is -6.70. The minimum Gasteiger partial charge on any atom is -0.281 e. The van der Waals surface area contributed by atoms with Gasteiger partial charge in [0.25, 0.3) is 0 Å². The van der Waals surface area contributed by atoms with Crippen molar-refractivity contribution in [3.8, 4) is 0 Å². The van der Waals surface area contributed by atoms with Gasteiger partial charge in [-0.3, -0.25) is 4.72 Å². The first-order chi connectivity index (χ1) is 9.20. The topological polar surface area (TPSA) is 93.2 Å². The van der Waals surface area contributed by atoms with Gasteiger partial charge in [0.15, 0.2) is 0 Å². The maximum absolute atomic E-state index is 12.2. The van der Waals surface area contributed by atoms with Crippen molar-refractivity contribution in [3.05, 3.63) is 23.0 Å². The van der Waals surface area contributed by atoms with Gasteiger partial charge in [0.1, 0.15) is 15.0 Å². The average molecular weight is 339 g/mol. The molecule has 1 N–H and O–H groups in total. The molecule has 0 aliphatic carbocycles. The van der Waals surface area contributed by atoms with E-state index >= 15 is 0 Å². The van der Waals surface area contributed by atoms with Crippen LogP contribution >= 0.6 is 11.6 Å². The van der Waals surface area contributed by atoms with Crippen LogP contribution in [0, 0.1) is 6.92 Å². The molecule has 0 saturated carbocycles. The van der Waals surface area contributed by atoms with Crippen molar-refractivity contribution < 1.29 is 16.8 Å². The number of aryl methyl sites for hydroxylation is 1. The van der Waals surface area contributed by atoms with E-state index in [9.17, 15) is 16.8 Å². The molecular weight excluding hydrogens is 324 g/mol. The van der Waals surface area contributed by atoms with Gasteiger partial charge < -0.3 is 0 Å². The van der Waals surface area contributed by atoms with Gasteiger partial charge in [-0.15, -0.1) is 0 Å². The summed E-state index contributed by atoms with van der Waals surface area (Å²) in [5.74, 6) is -0.174. The van der Waals surface area contributed by atoms with E-state index in [0.29, 0.717) is 11.4 Å². The second kappa shape index (κ2) is 5.50. The van der Waals surface area contributed by atoms with Gasteiger partial charge in [0.2, 0.25) is 10.0 Å². The first-order valence-electron chi connectivity index (χ1n) is 6.05. The van der Waals surface area contributed by atoms with Gasteiger partial charge in [-0.2, -0.15) is 0 Å². The molecule has 1 aromatic heterocycles. The van der Waals surface area contributed by atoms with Crippen molar-refractivity contribution in [2.75, 3.05) is 16.2 Å². The monoisotopic (exact) mass is 338 g/mol. The number of halogens is 1. The Kier molecular flexibility index (Phi) is 4.27. The second-order valence-electron chi connectivity index (χ2n) is 4.77. The summed E-state index contributed by atoms with van der Waals surface area (Å²) in [4.78, 5) is 3.97. The molecule has 1 fully saturated rings. The molecule has 0 bridgehead atoms. The van der Waals surface area contributed by atoms with Crippen molar-refractivity contribution in [2.24, 2.45) is 0 Å². The fourth-order valence-corrected chi connectivity index (χ4v) is 5.58. The molecule has 2 heterocycles. The third-order valence-corrected chi connectivity index (χ3v) is 7.02. The highest BCUT2D eigenvalue weighted by molar-refractivity contribution is 7.94. The minimum atomic E-state index is -3.62. The smallest absolute Gasteiger partial charge is 0.235 e. The minimum absolute atomic E-state index is 0.0869. The molecule has 0 aromatic carbocycles. The normalized spacial score (nSPS) is 19.7. The number of anilines is 1. The van der Waals surface area contributed by atoms with E-state index < -0.39 is 25.1 Å². The molecular formula is C11H15ClN2O4S2. The summed E-state index contributed by atoms with van der Waals surface area (Å²) >= 11 is 5.71. The van der Waals surface area contributed by atoms with E-state index in [-0.39, 0.29) is 29.5 Å². The Morgan fingerprint density at radius 2 is 1.90 bits per heavy atom. The van der Waals surface area contributed by atoms with Crippen LogP contribution in [0.2, 0.25) is 5.15 Å². The Morgan fingerprint density at radius 3 is 2.45 bits per heavy atom. The van der Waals surface area contributed by atoms with Gasteiger partial charge >= 0.3 is 0 Å². The van der Waals surface area contributed by atoms with Crippen LogP contribution < -0.4 is 4.72 Å². The molecule has 0 spiro atoms. The van der Waals surface area contributed by atoms with Crippen molar-refractivity contribution in [1.29, 1.82) is 0 Å². The highest BCUT2D eigenvalue weighted by Crippen LogP contribution is 2.23. The van der Waals surface area contributed by atoms with Crippen LogP contribution in [0.3, 0.4) is 0 Å². The highest BCUT2D eigenvalue weighted by Gasteiger charge is 2.33. The molecule has 0 amide bonds. The molecule has 1 aliphatic heterocycles. The molecule has 1 aromatic rings. The van der Waals surface area contributed by atoms with Crippen LogP contribution in [0.15, 0.2) is 12.1 Å². The number of sulfonamides is 1. The van der Waals surface area contributed by atoms with Crippen LogP contribution in [0.5, 0.6) is 0 Å². The lowest BCUT2D eigenvalue weighted by Gasteiger charge is -2.23. The first-order valence-corrected chi connectivity index (χ1v) is 9.79. The lowest BCUT2D eigenvalue weighted by atomic mass is 10.2. The van der Waals surface area contributed by atoms with Crippen LogP contribution in [-0.2, 0) is 19.9 Å². The molecule has 0 atom stereocenters. The Morgan fingerprint density at radius 1 is 1.30 bits per heavy atom. The summed E-state index contributed by atoms with van der Waals surface area (Å²) in [6.45, 7) is 1.65. The Bertz CT molecular complexity index is 702. The summed E-state index contributed by atoms with van der Waals surface area (Å²) < 4.78 is 49.6. The van der Waals surface area contributed by atoms with Crippen LogP contribution in [0.25, 0.3) is 0 Å². The van der Waals surface area contributed by atoms with E-state index in [1.54, 1.807) is 13.0 Å². The molecule has 112 valence electrons. The van der Waals surface area contributed by atoms with Crippen LogP contribution in [0.4, 0.5) is 5.69 Å². The molecule has 0 radical (unpaired) electrons. The quantitative estimate of drug-likeness (QED) is 0.840. The van der Waals surface area contributed by atoms with Crippen molar-refractivity contribution in [3.63, 3.8) is 0 Å². The van der Waals surface area contributed by atoms with E-state index in [1.165, 1.54) is 6.07 Å². The zero-order valence-corrected chi connectivity index (χ0v) is 13.2. The highest BCUT2D eigenvalue weighted by atomic mass is 35.5. The van der Waals surface area contributed by atoms with Gasteiger partial charge in [0.05, 0.1) is 28.1 Å². The fourth-order valence-electron chi connectivity index (χ4n) is 2.05. The molecule has 9 heteroatoms. The maximum Gasteiger partial charge on any atom is 0.235 e. The van der Waals surface area contributed by atoms with Crippen molar-refractivity contribution in [1.82, 2.24) is 4.98 Å². The van der Waals surface area contributed by atoms with Crippen molar-refractivity contribution in [2.45, 2.75) is 25.0 Å². The van der Waals surface area contributed by atoms with Crippen LogP contribution in [-0.4, -0.2) is 38.6 Å². The number of nitrogens with zero attached hydrogens (tertiary/aromatic N) is 1. The molecule has 6 nitrogen and oxygen atoms in total. The summed E-state index contributed by atoms with van der Waals surface area (Å²) in [6.07, 6.45) is 0.246. The lowest BCUT2D eigenvalue weighted by molar-refractivity contribution is 0.555. The average Bonchev–Trinajstić information content (AvgIpc) is 2.32. The SMILES string of the molecule is Cc1nc(Cl)ccc1NS(=O)(=O)C1CCS(=O)(=O)CC1. The van der Waals surface area contributed by atoms with Gasteiger partial charge in [0, 0.05) is 0 Å². The third-order valence-electron chi connectivity index (χ3n) is 3.24. The van der Waals surface area contributed by atoms with E-state index in [0.717, 1.165) is 0 Å². The van der Waals surface area contributed by atoms with E-state index in [1.807, 2.05) is 0 Å². The standard InChI is InChI=1S/C11H15ClN2O4S2/c1-8-10(2-3-11(12)13-8)14-20(17,18)9-4-6-19(15,16)7-5-9/h2-3,9,14H,4-7H2,1H3. The predicted octanol–water partition coefficient (Wildman–Crippen LogP) is 1.36. The zero-order chi connectivity index (χ0) is 15.0. The number of hydrogen-bond acceptors (Lipinski definition) is 5. The van der Waals surface area contributed by atoms with E-state index in [4.69, 9.17) is 11.6 Å². The maximum atomic E-state index is 12.2. The number of sulfone groups is 1. The van der Waals surface area contributed by atoms with Gasteiger partial charge in [-0.1, -0.05) is 11.6 Å². The Balaban J connectivity index is 2.16. The van der Waals surface area contributed by atoms with Crippen molar-refractivity contribution >= 4 is 37.1 Å². The fraction of sp³-hybridized carbons (Fsp3) is 0.545. The number of rotatable bonds is 3. The van der Waals surface area contributed by atoms with Gasteiger partial charge in [-0.25, -0.2) is 21.8 Å².